The Balaban J connectivity index is 0.00000450. The average Bonchev–Trinajstić information content (AvgIpc) is 3.16. The maximum atomic E-state index is 12.4. The van der Waals surface area contributed by atoms with Gasteiger partial charge in [0.05, 0.1) is 19.6 Å². The number of halogens is 4. The number of guanidine groups is 1. The van der Waals surface area contributed by atoms with Gasteiger partial charge in [0.1, 0.15) is 0 Å². The van der Waals surface area contributed by atoms with Gasteiger partial charge in [-0.2, -0.15) is 18.3 Å². The predicted molar refractivity (Wildman–Crippen MR) is 124 cm³/mol. The molecular formula is C20H30F3IN6. The van der Waals surface area contributed by atoms with Crippen molar-refractivity contribution < 1.29 is 13.2 Å². The minimum atomic E-state index is -4.16. The predicted octanol–water partition coefficient (Wildman–Crippen LogP) is 3.49. The smallest absolute Gasteiger partial charge is 0.357 e. The van der Waals surface area contributed by atoms with Crippen LogP contribution in [0.2, 0.25) is 0 Å². The van der Waals surface area contributed by atoms with Gasteiger partial charge in [0.25, 0.3) is 0 Å². The van der Waals surface area contributed by atoms with Crippen LogP contribution in [0.3, 0.4) is 0 Å². The van der Waals surface area contributed by atoms with Gasteiger partial charge in [-0.1, -0.05) is 24.3 Å². The summed E-state index contributed by atoms with van der Waals surface area (Å²) < 4.78 is 39.0. The van der Waals surface area contributed by atoms with Crippen LogP contribution in [0.5, 0.6) is 0 Å². The Bertz CT molecular complexity index is 749. The van der Waals surface area contributed by atoms with Gasteiger partial charge in [-0.3, -0.25) is 9.58 Å². The van der Waals surface area contributed by atoms with Crippen molar-refractivity contribution in [3.05, 3.63) is 53.9 Å². The molecule has 0 aliphatic carbocycles. The zero-order valence-corrected chi connectivity index (χ0v) is 19.7. The van der Waals surface area contributed by atoms with E-state index in [1.165, 1.54) is 11.9 Å². The topological polar surface area (TPSA) is 57.5 Å². The fraction of sp³-hybridized carbons (Fsp3) is 0.500. The van der Waals surface area contributed by atoms with Crippen molar-refractivity contribution in [2.45, 2.75) is 32.6 Å². The Morgan fingerprint density at radius 2 is 1.90 bits per heavy atom. The number of nitrogens with one attached hydrogen (secondary N) is 2. The van der Waals surface area contributed by atoms with E-state index in [9.17, 15) is 13.2 Å². The van der Waals surface area contributed by atoms with E-state index in [-0.39, 0.29) is 24.0 Å². The summed E-state index contributed by atoms with van der Waals surface area (Å²) in [6, 6.07) is 9.96. The number of benzene rings is 1. The minimum Gasteiger partial charge on any atom is -0.357 e. The quantitative estimate of drug-likeness (QED) is 0.211. The molecule has 0 aliphatic heterocycles. The first-order valence-electron chi connectivity index (χ1n) is 9.69. The molecule has 168 valence electrons. The van der Waals surface area contributed by atoms with Crippen molar-refractivity contribution in [3.63, 3.8) is 0 Å². The van der Waals surface area contributed by atoms with Crippen LogP contribution in [0, 0.1) is 0 Å². The fourth-order valence-corrected chi connectivity index (χ4v) is 2.88. The Labute approximate surface area is 193 Å². The molecule has 1 heterocycles. The molecule has 0 radical (unpaired) electrons. The largest absolute Gasteiger partial charge is 0.401 e. The van der Waals surface area contributed by atoms with Crippen LogP contribution in [0.25, 0.3) is 0 Å². The molecule has 2 aromatic rings. The fourth-order valence-electron chi connectivity index (χ4n) is 2.88. The Morgan fingerprint density at radius 1 is 1.17 bits per heavy atom. The number of hydrogen-bond acceptors (Lipinski definition) is 3. The molecule has 0 atom stereocenters. The van der Waals surface area contributed by atoms with Crippen molar-refractivity contribution in [2.24, 2.45) is 4.99 Å². The number of alkyl halides is 3. The molecule has 0 bridgehead atoms. The molecule has 2 N–H and O–H groups in total. The summed E-state index contributed by atoms with van der Waals surface area (Å²) in [6.45, 7) is 3.86. The summed E-state index contributed by atoms with van der Waals surface area (Å²) in [7, 11) is 1.48. The highest BCUT2D eigenvalue weighted by Crippen LogP contribution is 2.15. The average molecular weight is 538 g/mol. The molecule has 1 aromatic carbocycles. The van der Waals surface area contributed by atoms with Gasteiger partial charge in [0, 0.05) is 25.5 Å². The van der Waals surface area contributed by atoms with Crippen LogP contribution < -0.4 is 10.6 Å². The summed E-state index contributed by atoms with van der Waals surface area (Å²) in [5.41, 5.74) is 2.25. The molecule has 0 aliphatic rings. The summed E-state index contributed by atoms with van der Waals surface area (Å²) in [5, 5.41) is 10.6. The number of hydrogen-bond donors (Lipinski definition) is 2. The van der Waals surface area contributed by atoms with Crippen molar-refractivity contribution in [3.8, 4) is 0 Å². The maximum Gasteiger partial charge on any atom is 0.401 e. The third kappa shape index (κ3) is 10.3. The Morgan fingerprint density at radius 3 is 2.53 bits per heavy atom. The molecule has 0 amide bonds. The lowest BCUT2D eigenvalue weighted by Gasteiger charge is -2.19. The standard InChI is InChI=1S/C20H29F3N6.HI/c1-3-24-19(25-10-6-12-28(2)16-20(21,22)23)26-14-17-8-4-5-9-18(17)15-29-13-7-11-27-29;/h4-5,7-9,11,13H,3,6,10,12,14-16H2,1-2H3,(H2,24,25,26);1H. The zero-order valence-electron chi connectivity index (χ0n) is 17.3. The van der Waals surface area contributed by atoms with Crippen LogP contribution in [0.15, 0.2) is 47.7 Å². The van der Waals surface area contributed by atoms with E-state index in [1.54, 1.807) is 6.20 Å². The van der Waals surface area contributed by atoms with E-state index in [0.717, 1.165) is 11.1 Å². The Kier molecular flexibility index (Phi) is 11.8. The highest BCUT2D eigenvalue weighted by atomic mass is 127. The second kappa shape index (κ2) is 13.5. The molecule has 1 aromatic heterocycles. The molecule has 0 saturated carbocycles. The molecule has 30 heavy (non-hydrogen) atoms. The normalized spacial score (nSPS) is 12.0. The lowest BCUT2D eigenvalue weighted by molar-refractivity contribution is -0.143. The molecule has 2 rings (SSSR count). The number of aromatic nitrogens is 2. The van der Waals surface area contributed by atoms with E-state index >= 15 is 0 Å². The van der Waals surface area contributed by atoms with E-state index < -0.39 is 12.7 Å². The third-order valence-corrected chi connectivity index (χ3v) is 4.22. The lowest BCUT2D eigenvalue weighted by atomic mass is 10.1. The number of aliphatic imine (C=N–C) groups is 1. The van der Waals surface area contributed by atoms with Gasteiger partial charge in [-0.15, -0.1) is 24.0 Å². The minimum absolute atomic E-state index is 0. The second-order valence-corrected chi connectivity index (χ2v) is 6.80. The van der Waals surface area contributed by atoms with Crippen LogP contribution in [0.1, 0.15) is 24.5 Å². The van der Waals surface area contributed by atoms with Crippen LogP contribution in [0.4, 0.5) is 13.2 Å². The summed E-state index contributed by atoms with van der Waals surface area (Å²) in [6.07, 6.45) is 0.0938. The molecule has 0 spiro atoms. The van der Waals surface area contributed by atoms with Crippen molar-refractivity contribution in [1.82, 2.24) is 25.3 Å². The highest BCUT2D eigenvalue weighted by molar-refractivity contribution is 14.0. The summed E-state index contributed by atoms with van der Waals surface area (Å²) >= 11 is 0. The van der Waals surface area contributed by atoms with Crippen molar-refractivity contribution in [1.29, 1.82) is 0 Å². The molecule has 6 nitrogen and oxygen atoms in total. The van der Waals surface area contributed by atoms with Crippen LogP contribution in [-0.4, -0.2) is 60.0 Å². The molecule has 0 unspecified atom stereocenters. The van der Waals surface area contributed by atoms with Crippen LogP contribution >= 0.6 is 24.0 Å². The van der Waals surface area contributed by atoms with E-state index in [0.29, 0.717) is 45.1 Å². The van der Waals surface area contributed by atoms with Crippen molar-refractivity contribution in [2.75, 3.05) is 33.2 Å². The summed E-state index contributed by atoms with van der Waals surface area (Å²) in [5.74, 6) is 0.653. The zero-order chi connectivity index (χ0) is 21.1. The van der Waals surface area contributed by atoms with Gasteiger partial charge in [-0.25, -0.2) is 4.99 Å². The van der Waals surface area contributed by atoms with Gasteiger partial charge in [0.2, 0.25) is 0 Å². The van der Waals surface area contributed by atoms with Gasteiger partial charge in [-0.05, 0) is 44.1 Å². The van der Waals surface area contributed by atoms with Crippen molar-refractivity contribution >= 4 is 29.9 Å². The molecular weight excluding hydrogens is 508 g/mol. The van der Waals surface area contributed by atoms with E-state index in [2.05, 4.69) is 26.8 Å². The number of nitrogens with zero attached hydrogens (tertiary/aromatic N) is 4. The monoisotopic (exact) mass is 538 g/mol. The summed E-state index contributed by atoms with van der Waals surface area (Å²) in [4.78, 5) is 5.90. The van der Waals surface area contributed by atoms with E-state index in [4.69, 9.17) is 0 Å². The first kappa shape index (κ1) is 26.2. The second-order valence-electron chi connectivity index (χ2n) is 6.80. The van der Waals surface area contributed by atoms with Gasteiger partial charge >= 0.3 is 6.18 Å². The van der Waals surface area contributed by atoms with Crippen LogP contribution in [-0.2, 0) is 13.1 Å². The first-order valence-corrected chi connectivity index (χ1v) is 9.69. The lowest BCUT2D eigenvalue weighted by Crippen LogP contribution is -2.39. The van der Waals surface area contributed by atoms with Gasteiger partial charge in [0.15, 0.2) is 5.96 Å². The number of rotatable bonds is 10. The third-order valence-electron chi connectivity index (χ3n) is 4.22. The SMILES string of the molecule is CCNC(=NCc1ccccc1Cn1cccn1)NCCCN(C)CC(F)(F)F.I. The van der Waals surface area contributed by atoms with E-state index in [1.807, 2.05) is 42.1 Å². The first-order chi connectivity index (χ1) is 13.9. The maximum absolute atomic E-state index is 12.4. The van der Waals surface area contributed by atoms with Gasteiger partial charge < -0.3 is 10.6 Å². The molecule has 0 saturated heterocycles. The Hall–Kier alpha value is -1.82. The highest BCUT2D eigenvalue weighted by Gasteiger charge is 2.28. The molecule has 10 heteroatoms. The molecule has 0 fully saturated rings.